The van der Waals surface area contributed by atoms with Crippen LogP contribution in [0.25, 0.3) is 0 Å². The topological polar surface area (TPSA) is 49.8 Å². The maximum Gasteiger partial charge on any atom is 0.222 e. The zero-order chi connectivity index (χ0) is 15.0. The molecule has 4 heteroatoms. The number of carbonyl (C=O) groups is 1. The van der Waals surface area contributed by atoms with Gasteiger partial charge in [-0.1, -0.05) is 32.0 Å². The van der Waals surface area contributed by atoms with Crippen LogP contribution >= 0.6 is 0 Å². The van der Waals surface area contributed by atoms with Crippen molar-refractivity contribution in [3.05, 3.63) is 29.8 Å². The highest BCUT2D eigenvalue weighted by Gasteiger charge is 2.15. The van der Waals surface area contributed by atoms with Crippen molar-refractivity contribution in [2.45, 2.75) is 26.7 Å². The van der Waals surface area contributed by atoms with Crippen molar-refractivity contribution in [3.63, 3.8) is 0 Å². The van der Waals surface area contributed by atoms with Gasteiger partial charge in [0, 0.05) is 26.6 Å². The van der Waals surface area contributed by atoms with E-state index in [0.29, 0.717) is 31.9 Å². The van der Waals surface area contributed by atoms with E-state index < -0.39 is 0 Å². The number of phenolic OH excluding ortho intramolecular Hbond substituents is 1. The molecular weight excluding hydrogens is 254 g/mol. The Morgan fingerprint density at radius 3 is 2.65 bits per heavy atom. The van der Waals surface area contributed by atoms with Crippen molar-refractivity contribution in [2.24, 2.45) is 5.92 Å². The van der Waals surface area contributed by atoms with Crippen molar-refractivity contribution in [3.8, 4) is 5.75 Å². The Morgan fingerprint density at radius 2 is 2.05 bits per heavy atom. The van der Waals surface area contributed by atoms with Crippen LogP contribution in [-0.4, -0.2) is 42.7 Å². The molecule has 0 aliphatic rings. The van der Waals surface area contributed by atoms with E-state index in [-0.39, 0.29) is 11.7 Å². The predicted octanol–water partition coefficient (Wildman–Crippen LogP) is 2.46. The number of phenols is 1. The van der Waals surface area contributed by atoms with Gasteiger partial charge in [0.05, 0.1) is 6.61 Å². The van der Waals surface area contributed by atoms with Gasteiger partial charge in [-0.05, 0) is 24.0 Å². The van der Waals surface area contributed by atoms with Gasteiger partial charge in [-0.3, -0.25) is 4.79 Å². The van der Waals surface area contributed by atoms with Gasteiger partial charge in [-0.15, -0.1) is 0 Å². The largest absolute Gasteiger partial charge is 0.508 e. The molecule has 0 radical (unpaired) electrons. The van der Waals surface area contributed by atoms with Gasteiger partial charge in [0.1, 0.15) is 5.75 Å². The standard InChI is InChI=1S/C16H25NO3/c1-13(2)12-17(10-11-20-3)16(19)9-8-14-6-4-5-7-15(14)18/h4-7,13,18H,8-12H2,1-3H3. The molecule has 1 aromatic carbocycles. The lowest BCUT2D eigenvalue weighted by Crippen LogP contribution is -2.36. The fourth-order valence-electron chi connectivity index (χ4n) is 2.08. The fraction of sp³-hybridized carbons (Fsp3) is 0.562. The van der Waals surface area contributed by atoms with E-state index >= 15 is 0 Å². The Bertz CT molecular complexity index is 418. The SMILES string of the molecule is COCCN(CC(C)C)C(=O)CCc1ccccc1O. The highest BCUT2D eigenvalue weighted by Crippen LogP contribution is 2.17. The molecule has 1 aromatic rings. The van der Waals surface area contributed by atoms with Crippen LogP contribution in [0.15, 0.2) is 24.3 Å². The van der Waals surface area contributed by atoms with Gasteiger partial charge in [0.2, 0.25) is 5.91 Å². The Labute approximate surface area is 121 Å². The second-order valence-electron chi connectivity index (χ2n) is 5.36. The number of methoxy groups -OCH3 is 1. The summed E-state index contributed by atoms with van der Waals surface area (Å²) < 4.78 is 5.05. The number of hydrogen-bond donors (Lipinski definition) is 1. The van der Waals surface area contributed by atoms with Crippen molar-refractivity contribution in [1.82, 2.24) is 4.90 Å². The summed E-state index contributed by atoms with van der Waals surface area (Å²) in [6.07, 6.45) is 0.973. The number of aromatic hydroxyl groups is 1. The Balaban J connectivity index is 2.54. The van der Waals surface area contributed by atoms with E-state index in [9.17, 15) is 9.90 Å². The number of aryl methyl sites for hydroxylation is 1. The van der Waals surface area contributed by atoms with Crippen LogP contribution in [0.4, 0.5) is 0 Å². The lowest BCUT2D eigenvalue weighted by molar-refractivity contribution is -0.132. The van der Waals surface area contributed by atoms with E-state index in [1.165, 1.54) is 0 Å². The summed E-state index contributed by atoms with van der Waals surface area (Å²) in [7, 11) is 1.64. The molecule has 4 nitrogen and oxygen atoms in total. The summed E-state index contributed by atoms with van der Waals surface area (Å²) in [6.45, 7) is 6.10. The average molecular weight is 279 g/mol. The Morgan fingerprint density at radius 1 is 1.35 bits per heavy atom. The molecule has 1 rings (SSSR count). The molecule has 20 heavy (non-hydrogen) atoms. The first-order valence-corrected chi connectivity index (χ1v) is 7.08. The number of para-hydroxylation sites is 1. The minimum absolute atomic E-state index is 0.110. The van der Waals surface area contributed by atoms with Crippen LogP contribution in [0.1, 0.15) is 25.8 Å². The number of ether oxygens (including phenoxy) is 1. The highest BCUT2D eigenvalue weighted by atomic mass is 16.5. The zero-order valence-corrected chi connectivity index (χ0v) is 12.6. The fourth-order valence-corrected chi connectivity index (χ4v) is 2.08. The maximum atomic E-state index is 12.3. The molecule has 0 saturated carbocycles. The number of hydrogen-bond acceptors (Lipinski definition) is 3. The van der Waals surface area contributed by atoms with Crippen molar-refractivity contribution < 1.29 is 14.6 Å². The van der Waals surface area contributed by atoms with Gasteiger partial charge < -0.3 is 14.7 Å². The molecule has 0 atom stereocenters. The first-order chi connectivity index (χ1) is 9.54. The second kappa shape index (κ2) is 8.59. The quantitative estimate of drug-likeness (QED) is 0.795. The third kappa shape index (κ3) is 5.61. The average Bonchev–Trinajstić information content (AvgIpc) is 2.41. The number of carbonyl (C=O) groups excluding carboxylic acids is 1. The Hall–Kier alpha value is -1.55. The van der Waals surface area contributed by atoms with E-state index in [4.69, 9.17) is 4.74 Å². The monoisotopic (exact) mass is 279 g/mol. The molecule has 112 valence electrons. The van der Waals surface area contributed by atoms with Crippen LogP contribution in [0.2, 0.25) is 0 Å². The molecule has 0 aliphatic carbocycles. The van der Waals surface area contributed by atoms with Crippen molar-refractivity contribution >= 4 is 5.91 Å². The van der Waals surface area contributed by atoms with Crippen molar-refractivity contribution in [2.75, 3.05) is 26.8 Å². The van der Waals surface area contributed by atoms with Crippen LogP contribution in [0, 0.1) is 5.92 Å². The summed E-state index contributed by atoms with van der Waals surface area (Å²) >= 11 is 0. The third-order valence-corrected chi connectivity index (χ3v) is 3.10. The first kappa shape index (κ1) is 16.5. The van der Waals surface area contributed by atoms with Gasteiger partial charge >= 0.3 is 0 Å². The van der Waals surface area contributed by atoms with Crippen LogP contribution in [0.5, 0.6) is 5.75 Å². The molecule has 1 N–H and O–H groups in total. The summed E-state index contributed by atoms with van der Waals surface area (Å²) in [6, 6.07) is 7.15. The summed E-state index contributed by atoms with van der Waals surface area (Å²) in [5, 5.41) is 9.70. The number of rotatable bonds is 8. The number of nitrogens with zero attached hydrogens (tertiary/aromatic N) is 1. The molecule has 0 aliphatic heterocycles. The van der Waals surface area contributed by atoms with Crippen LogP contribution in [-0.2, 0) is 16.0 Å². The number of benzene rings is 1. The van der Waals surface area contributed by atoms with Gasteiger partial charge in [-0.2, -0.15) is 0 Å². The molecule has 0 saturated heterocycles. The molecule has 0 fully saturated rings. The van der Waals surface area contributed by atoms with E-state index in [2.05, 4.69) is 13.8 Å². The summed E-state index contributed by atoms with van der Waals surface area (Å²) in [5.74, 6) is 0.799. The number of amides is 1. The third-order valence-electron chi connectivity index (χ3n) is 3.10. The molecular formula is C16H25NO3. The normalized spacial score (nSPS) is 10.8. The maximum absolute atomic E-state index is 12.3. The minimum atomic E-state index is 0.110. The van der Waals surface area contributed by atoms with E-state index in [1.807, 2.05) is 17.0 Å². The zero-order valence-electron chi connectivity index (χ0n) is 12.6. The lowest BCUT2D eigenvalue weighted by atomic mass is 10.1. The van der Waals surface area contributed by atoms with E-state index in [0.717, 1.165) is 12.1 Å². The van der Waals surface area contributed by atoms with Crippen LogP contribution < -0.4 is 0 Å². The molecule has 0 unspecified atom stereocenters. The molecule has 1 amide bonds. The minimum Gasteiger partial charge on any atom is -0.508 e. The molecule has 0 aromatic heterocycles. The smallest absolute Gasteiger partial charge is 0.222 e. The molecule has 0 heterocycles. The molecule has 0 bridgehead atoms. The van der Waals surface area contributed by atoms with Gasteiger partial charge in [0.15, 0.2) is 0 Å². The van der Waals surface area contributed by atoms with Crippen LogP contribution in [0.3, 0.4) is 0 Å². The van der Waals surface area contributed by atoms with Gasteiger partial charge in [-0.25, -0.2) is 0 Å². The molecule has 0 spiro atoms. The summed E-state index contributed by atoms with van der Waals surface area (Å²) in [5.41, 5.74) is 0.817. The lowest BCUT2D eigenvalue weighted by Gasteiger charge is -2.24. The summed E-state index contributed by atoms with van der Waals surface area (Å²) in [4.78, 5) is 14.1. The van der Waals surface area contributed by atoms with Gasteiger partial charge in [0.25, 0.3) is 0 Å². The predicted molar refractivity (Wildman–Crippen MR) is 79.7 cm³/mol. The van der Waals surface area contributed by atoms with E-state index in [1.54, 1.807) is 19.2 Å². The Kier molecular flexibility index (Phi) is 7.09. The first-order valence-electron chi connectivity index (χ1n) is 7.08. The highest BCUT2D eigenvalue weighted by molar-refractivity contribution is 5.76. The second-order valence-corrected chi connectivity index (χ2v) is 5.36. The van der Waals surface area contributed by atoms with Crippen molar-refractivity contribution in [1.29, 1.82) is 0 Å².